The van der Waals surface area contributed by atoms with Gasteiger partial charge in [0.05, 0.1) is 12.6 Å². The predicted molar refractivity (Wildman–Crippen MR) is 128 cm³/mol. The summed E-state index contributed by atoms with van der Waals surface area (Å²) in [5.41, 5.74) is 3.60. The highest BCUT2D eigenvalue weighted by Gasteiger charge is 2.33. The Kier molecular flexibility index (Phi) is 8.70. The Morgan fingerprint density at radius 3 is 2.52 bits per heavy atom. The van der Waals surface area contributed by atoms with Gasteiger partial charge in [0.2, 0.25) is 11.8 Å². The Hall–Kier alpha value is -2.14. The van der Waals surface area contributed by atoms with Gasteiger partial charge >= 0.3 is 0 Å². The Bertz CT molecular complexity index is 859. The van der Waals surface area contributed by atoms with Crippen LogP contribution in [0.15, 0.2) is 35.7 Å². The van der Waals surface area contributed by atoms with Gasteiger partial charge in [-0.2, -0.15) is 0 Å². The molecule has 4 nitrogen and oxygen atoms in total. The SMILES string of the molecule is CCCCCC(=O)N(CCCC)CC(=O)N1CCc2sccc2C1c1ccc(C)cc1. The zero-order valence-electron chi connectivity index (χ0n) is 19.2. The summed E-state index contributed by atoms with van der Waals surface area (Å²) in [6.07, 6.45) is 6.44. The number of rotatable bonds is 10. The first kappa shape index (κ1) is 23.5. The molecule has 0 saturated heterocycles. The molecule has 0 saturated carbocycles. The number of hydrogen-bond acceptors (Lipinski definition) is 3. The van der Waals surface area contributed by atoms with E-state index in [0.717, 1.165) is 44.1 Å². The molecule has 1 atom stereocenters. The molecular formula is C26H36N2O2S. The van der Waals surface area contributed by atoms with Gasteiger partial charge in [0, 0.05) is 24.4 Å². The lowest BCUT2D eigenvalue weighted by Crippen LogP contribution is -2.47. The van der Waals surface area contributed by atoms with Gasteiger partial charge in [0.1, 0.15) is 0 Å². The zero-order valence-corrected chi connectivity index (χ0v) is 20.0. The van der Waals surface area contributed by atoms with Crippen LogP contribution >= 0.6 is 11.3 Å². The lowest BCUT2D eigenvalue weighted by Gasteiger charge is -2.37. The molecule has 2 amide bonds. The molecular weight excluding hydrogens is 404 g/mol. The van der Waals surface area contributed by atoms with Crippen molar-refractivity contribution in [2.24, 2.45) is 0 Å². The number of thiophene rings is 1. The van der Waals surface area contributed by atoms with Crippen LogP contribution in [-0.2, 0) is 16.0 Å². The summed E-state index contributed by atoms with van der Waals surface area (Å²) in [6, 6.07) is 10.6. The number of carbonyl (C=O) groups is 2. The molecule has 31 heavy (non-hydrogen) atoms. The largest absolute Gasteiger partial charge is 0.333 e. The van der Waals surface area contributed by atoms with Crippen molar-refractivity contribution in [3.05, 3.63) is 57.3 Å². The molecule has 2 aromatic rings. The van der Waals surface area contributed by atoms with Crippen LogP contribution in [-0.4, -0.2) is 41.2 Å². The molecule has 0 N–H and O–H groups in total. The Balaban J connectivity index is 1.79. The van der Waals surface area contributed by atoms with Gasteiger partial charge in [-0.15, -0.1) is 11.3 Å². The average molecular weight is 441 g/mol. The zero-order chi connectivity index (χ0) is 22.2. The fourth-order valence-corrected chi connectivity index (χ4v) is 5.18. The number of aryl methyl sites for hydroxylation is 1. The minimum Gasteiger partial charge on any atom is -0.333 e. The van der Waals surface area contributed by atoms with Gasteiger partial charge in [0.15, 0.2) is 0 Å². The first-order chi connectivity index (χ1) is 15.0. The highest BCUT2D eigenvalue weighted by atomic mass is 32.1. The second kappa shape index (κ2) is 11.5. The van der Waals surface area contributed by atoms with Crippen LogP contribution in [0, 0.1) is 6.92 Å². The molecule has 1 aromatic carbocycles. The summed E-state index contributed by atoms with van der Waals surface area (Å²) in [6.45, 7) is 7.91. The normalized spacial score (nSPS) is 15.6. The molecule has 1 aliphatic rings. The maximum absolute atomic E-state index is 13.5. The molecule has 0 aliphatic carbocycles. The van der Waals surface area contributed by atoms with Crippen LogP contribution in [0.2, 0.25) is 0 Å². The molecule has 0 fully saturated rings. The van der Waals surface area contributed by atoms with Gasteiger partial charge in [0.25, 0.3) is 0 Å². The van der Waals surface area contributed by atoms with Crippen molar-refractivity contribution < 1.29 is 9.59 Å². The smallest absolute Gasteiger partial charge is 0.242 e. The van der Waals surface area contributed by atoms with E-state index in [9.17, 15) is 9.59 Å². The number of hydrogen-bond donors (Lipinski definition) is 0. The van der Waals surface area contributed by atoms with Crippen LogP contribution in [0.3, 0.4) is 0 Å². The number of fused-ring (bicyclic) bond motifs is 1. The van der Waals surface area contributed by atoms with Gasteiger partial charge in [-0.05, 0) is 48.8 Å². The number of amides is 2. The van der Waals surface area contributed by atoms with Gasteiger partial charge < -0.3 is 9.80 Å². The van der Waals surface area contributed by atoms with Crippen LogP contribution in [0.4, 0.5) is 0 Å². The average Bonchev–Trinajstić information content (AvgIpc) is 3.25. The Labute approximate surface area is 191 Å². The van der Waals surface area contributed by atoms with E-state index >= 15 is 0 Å². The van der Waals surface area contributed by atoms with Gasteiger partial charge in [-0.25, -0.2) is 0 Å². The van der Waals surface area contributed by atoms with E-state index in [1.54, 1.807) is 16.2 Å². The Morgan fingerprint density at radius 1 is 1.06 bits per heavy atom. The van der Waals surface area contributed by atoms with Crippen molar-refractivity contribution in [3.8, 4) is 0 Å². The first-order valence-corrected chi connectivity index (χ1v) is 12.6. The lowest BCUT2D eigenvalue weighted by atomic mass is 9.92. The molecule has 0 bridgehead atoms. The summed E-state index contributed by atoms with van der Waals surface area (Å²) >= 11 is 1.78. The van der Waals surface area contributed by atoms with Crippen molar-refractivity contribution in [1.82, 2.24) is 9.80 Å². The summed E-state index contributed by atoms with van der Waals surface area (Å²) in [5.74, 6) is 0.178. The standard InChI is InChI=1S/C26H36N2O2S/c1-4-6-8-9-24(29)27(16-7-5-2)19-25(30)28-17-14-23-22(15-18-31-23)26(28)21-12-10-20(3)11-13-21/h10-13,15,18,26H,4-9,14,16-17,19H2,1-3H3. The molecule has 168 valence electrons. The van der Waals surface area contributed by atoms with Crippen molar-refractivity contribution in [3.63, 3.8) is 0 Å². The molecule has 0 radical (unpaired) electrons. The molecule has 3 rings (SSSR count). The van der Waals surface area contributed by atoms with E-state index in [-0.39, 0.29) is 24.4 Å². The van der Waals surface area contributed by atoms with E-state index in [2.05, 4.69) is 56.5 Å². The topological polar surface area (TPSA) is 40.6 Å². The van der Waals surface area contributed by atoms with Crippen LogP contribution in [0.25, 0.3) is 0 Å². The molecule has 5 heteroatoms. The van der Waals surface area contributed by atoms with E-state index in [4.69, 9.17) is 0 Å². The minimum atomic E-state index is -0.0636. The maximum atomic E-state index is 13.5. The molecule has 2 heterocycles. The number of unbranched alkanes of at least 4 members (excludes halogenated alkanes) is 3. The highest BCUT2D eigenvalue weighted by molar-refractivity contribution is 7.10. The van der Waals surface area contributed by atoms with Crippen molar-refractivity contribution in [1.29, 1.82) is 0 Å². The van der Waals surface area contributed by atoms with Gasteiger partial charge in [-0.1, -0.05) is 62.9 Å². The predicted octanol–water partition coefficient (Wildman–Crippen LogP) is 5.74. The Morgan fingerprint density at radius 2 is 1.81 bits per heavy atom. The van der Waals surface area contributed by atoms with E-state index < -0.39 is 0 Å². The van der Waals surface area contributed by atoms with E-state index in [1.807, 2.05) is 4.90 Å². The maximum Gasteiger partial charge on any atom is 0.242 e. The fraction of sp³-hybridized carbons (Fsp3) is 0.538. The second-order valence-electron chi connectivity index (χ2n) is 8.58. The van der Waals surface area contributed by atoms with E-state index in [0.29, 0.717) is 19.5 Å². The summed E-state index contributed by atoms with van der Waals surface area (Å²) in [7, 11) is 0. The minimum absolute atomic E-state index is 0.0577. The first-order valence-electron chi connectivity index (χ1n) is 11.7. The van der Waals surface area contributed by atoms with Crippen molar-refractivity contribution in [2.45, 2.75) is 71.8 Å². The highest BCUT2D eigenvalue weighted by Crippen LogP contribution is 2.38. The molecule has 0 spiro atoms. The third-order valence-electron chi connectivity index (χ3n) is 6.13. The third kappa shape index (κ3) is 5.97. The number of nitrogens with zero attached hydrogens (tertiary/aromatic N) is 2. The molecule has 1 aliphatic heterocycles. The summed E-state index contributed by atoms with van der Waals surface area (Å²) in [5, 5.41) is 2.13. The van der Waals surface area contributed by atoms with Crippen molar-refractivity contribution >= 4 is 23.2 Å². The number of benzene rings is 1. The summed E-state index contributed by atoms with van der Waals surface area (Å²) < 4.78 is 0. The summed E-state index contributed by atoms with van der Waals surface area (Å²) in [4.78, 5) is 31.5. The second-order valence-corrected chi connectivity index (χ2v) is 9.58. The van der Waals surface area contributed by atoms with Crippen LogP contribution in [0.1, 0.15) is 80.0 Å². The number of carbonyl (C=O) groups excluding carboxylic acids is 2. The van der Waals surface area contributed by atoms with Gasteiger partial charge in [-0.3, -0.25) is 9.59 Å². The third-order valence-corrected chi connectivity index (χ3v) is 7.13. The molecule has 1 aromatic heterocycles. The quantitative estimate of drug-likeness (QED) is 0.442. The lowest BCUT2D eigenvalue weighted by molar-refractivity contribution is -0.141. The van der Waals surface area contributed by atoms with Crippen LogP contribution in [0.5, 0.6) is 0 Å². The van der Waals surface area contributed by atoms with E-state index in [1.165, 1.54) is 16.0 Å². The molecule has 1 unspecified atom stereocenters. The van der Waals surface area contributed by atoms with Crippen LogP contribution < -0.4 is 0 Å². The fourth-order valence-electron chi connectivity index (χ4n) is 4.27. The monoisotopic (exact) mass is 440 g/mol. The van der Waals surface area contributed by atoms with Crippen molar-refractivity contribution in [2.75, 3.05) is 19.6 Å².